The standard InChI is InChI=1S/C11H16N6O2S/c1-3-7-6-9(16(2)15-7)10-13-14-11(20(12,18)19)17(10)8-4-5-8/h6,8H,3-5H2,1-2H3,(H2,12,18,19). The van der Waals surface area contributed by atoms with Crippen molar-refractivity contribution in [1.29, 1.82) is 0 Å². The van der Waals surface area contributed by atoms with Crippen LogP contribution in [0.1, 0.15) is 31.5 Å². The molecule has 3 rings (SSSR count). The van der Waals surface area contributed by atoms with Crippen LogP contribution in [-0.2, 0) is 23.5 Å². The Morgan fingerprint density at radius 1 is 1.40 bits per heavy atom. The lowest BCUT2D eigenvalue weighted by atomic mass is 10.3. The van der Waals surface area contributed by atoms with Crippen molar-refractivity contribution < 1.29 is 8.42 Å². The van der Waals surface area contributed by atoms with Crippen molar-refractivity contribution in [2.45, 2.75) is 37.4 Å². The number of hydrogen-bond acceptors (Lipinski definition) is 5. The van der Waals surface area contributed by atoms with E-state index in [1.54, 1.807) is 16.3 Å². The summed E-state index contributed by atoms with van der Waals surface area (Å²) in [6.07, 6.45) is 2.62. The van der Waals surface area contributed by atoms with E-state index < -0.39 is 10.0 Å². The topological polar surface area (TPSA) is 109 Å². The highest BCUT2D eigenvalue weighted by Crippen LogP contribution is 2.39. The first kappa shape index (κ1) is 13.3. The SMILES string of the molecule is CCc1cc(-c2nnc(S(N)(=O)=O)n2C2CC2)n(C)n1. The number of nitrogens with two attached hydrogens (primary N) is 1. The highest BCUT2D eigenvalue weighted by atomic mass is 32.2. The van der Waals surface area contributed by atoms with Gasteiger partial charge in [0.1, 0.15) is 5.69 Å². The number of aryl methyl sites for hydroxylation is 2. The molecule has 1 fully saturated rings. The average Bonchev–Trinajstić information content (AvgIpc) is 2.99. The summed E-state index contributed by atoms with van der Waals surface area (Å²) in [5.74, 6) is 0.506. The van der Waals surface area contributed by atoms with Crippen LogP contribution in [0.2, 0.25) is 0 Å². The maximum absolute atomic E-state index is 11.6. The van der Waals surface area contributed by atoms with Crippen LogP contribution in [0.15, 0.2) is 11.2 Å². The molecule has 2 aromatic rings. The zero-order chi connectivity index (χ0) is 14.5. The molecule has 8 nitrogen and oxygen atoms in total. The fourth-order valence-corrected chi connectivity index (χ4v) is 2.88. The predicted octanol–water partition coefficient (Wildman–Crippen LogP) is 0.223. The number of aromatic nitrogens is 5. The molecule has 0 aromatic carbocycles. The number of sulfonamides is 1. The molecule has 0 saturated heterocycles. The first-order chi connectivity index (χ1) is 9.41. The fourth-order valence-electron chi connectivity index (χ4n) is 2.22. The Labute approximate surface area is 116 Å². The third kappa shape index (κ3) is 2.12. The number of hydrogen-bond donors (Lipinski definition) is 1. The Morgan fingerprint density at radius 2 is 2.10 bits per heavy atom. The van der Waals surface area contributed by atoms with Crippen LogP contribution in [-0.4, -0.2) is 33.0 Å². The third-order valence-corrected chi connectivity index (χ3v) is 4.14. The van der Waals surface area contributed by atoms with Crippen LogP contribution in [0.25, 0.3) is 11.5 Å². The van der Waals surface area contributed by atoms with Gasteiger partial charge in [0.2, 0.25) is 0 Å². The molecule has 0 radical (unpaired) electrons. The Hall–Kier alpha value is -1.74. The molecule has 2 heterocycles. The predicted molar refractivity (Wildman–Crippen MR) is 71.2 cm³/mol. The van der Waals surface area contributed by atoms with Gasteiger partial charge in [0.25, 0.3) is 15.2 Å². The molecule has 2 aromatic heterocycles. The van der Waals surface area contributed by atoms with E-state index in [1.807, 2.05) is 13.0 Å². The highest BCUT2D eigenvalue weighted by Gasteiger charge is 2.34. The van der Waals surface area contributed by atoms with Gasteiger partial charge in [0.05, 0.1) is 5.69 Å². The minimum Gasteiger partial charge on any atom is -0.292 e. The van der Waals surface area contributed by atoms with Crippen LogP contribution in [0.4, 0.5) is 0 Å². The van der Waals surface area contributed by atoms with Crippen LogP contribution >= 0.6 is 0 Å². The molecule has 0 amide bonds. The molecule has 1 aliphatic carbocycles. The summed E-state index contributed by atoms with van der Waals surface area (Å²) in [5, 5.41) is 17.2. The van der Waals surface area contributed by atoms with Gasteiger partial charge in [0.15, 0.2) is 5.82 Å². The molecular weight excluding hydrogens is 280 g/mol. The van der Waals surface area contributed by atoms with Crippen LogP contribution < -0.4 is 5.14 Å². The Morgan fingerprint density at radius 3 is 2.60 bits per heavy atom. The van der Waals surface area contributed by atoms with E-state index in [0.29, 0.717) is 5.82 Å². The summed E-state index contributed by atoms with van der Waals surface area (Å²) >= 11 is 0. The lowest BCUT2D eigenvalue weighted by Gasteiger charge is -2.07. The second-order valence-corrected chi connectivity index (χ2v) is 6.41. The minimum absolute atomic E-state index is 0.105. The average molecular weight is 296 g/mol. The largest absolute Gasteiger partial charge is 0.292 e. The molecule has 0 atom stereocenters. The minimum atomic E-state index is -3.88. The van der Waals surface area contributed by atoms with Gasteiger partial charge < -0.3 is 0 Å². The van der Waals surface area contributed by atoms with Crippen molar-refractivity contribution >= 4 is 10.0 Å². The van der Waals surface area contributed by atoms with Gasteiger partial charge in [-0.15, -0.1) is 10.2 Å². The first-order valence-corrected chi connectivity index (χ1v) is 7.97. The van der Waals surface area contributed by atoms with Crippen LogP contribution in [0, 0.1) is 0 Å². The summed E-state index contributed by atoms with van der Waals surface area (Å²) in [7, 11) is -2.07. The number of rotatable bonds is 4. The van der Waals surface area contributed by atoms with E-state index in [0.717, 1.165) is 30.7 Å². The van der Waals surface area contributed by atoms with Gasteiger partial charge in [-0.2, -0.15) is 5.10 Å². The van der Waals surface area contributed by atoms with Crippen LogP contribution in [0.5, 0.6) is 0 Å². The van der Waals surface area contributed by atoms with Gasteiger partial charge in [-0.1, -0.05) is 6.92 Å². The quantitative estimate of drug-likeness (QED) is 0.868. The Balaban J connectivity index is 2.19. The lowest BCUT2D eigenvalue weighted by molar-refractivity contribution is 0.566. The second kappa shape index (κ2) is 4.38. The monoisotopic (exact) mass is 296 g/mol. The van der Waals surface area contributed by atoms with Gasteiger partial charge in [-0.25, -0.2) is 13.6 Å². The molecule has 0 bridgehead atoms. The molecule has 2 N–H and O–H groups in total. The molecule has 0 aliphatic heterocycles. The normalized spacial score (nSPS) is 15.8. The zero-order valence-corrected chi connectivity index (χ0v) is 12.1. The van der Waals surface area contributed by atoms with Crippen LogP contribution in [0.3, 0.4) is 0 Å². The summed E-state index contributed by atoms with van der Waals surface area (Å²) in [6.45, 7) is 2.01. The van der Waals surface area contributed by atoms with Crippen molar-refractivity contribution in [3.05, 3.63) is 11.8 Å². The molecule has 20 heavy (non-hydrogen) atoms. The van der Waals surface area contributed by atoms with Gasteiger partial charge in [-0.3, -0.25) is 9.25 Å². The third-order valence-electron chi connectivity index (χ3n) is 3.35. The number of primary sulfonamides is 1. The molecule has 1 aliphatic rings. The summed E-state index contributed by atoms with van der Waals surface area (Å²) in [4.78, 5) is 0. The van der Waals surface area contributed by atoms with Crippen molar-refractivity contribution in [3.8, 4) is 11.5 Å². The highest BCUT2D eigenvalue weighted by molar-refractivity contribution is 7.89. The fraction of sp³-hybridized carbons (Fsp3) is 0.545. The second-order valence-electron chi connectivity index (χ2n) is 4.95. The maximum atomic E-state index is 11.6. The van der Waals surface area contributed by atoms with Gasteiger partial charge in [-0.05, 0) is 25.3 Å². The van der Waals surface area contributed by atoms with E-state index in [4.69, 9.17) is 5.14 Å². The smallest absolute Gasteiger partial charge is 0.273 e. The van der Waals surface area contributed by atoms with E-state index >= 15 is 0 Å². The van der Waals surface area contributed by atoms with Crippen molar-refractivity contribution in [2.24, 2.45) is 12.2 Å². The zero-order valence-electron chi connectivity index (χ0n) is 11.3. The van der Waals surface area contributed by atoms with E-state index in [1.165, 1.54) is 0 Å². The molecule has 0 spiro atoms. The molecule has 0 unspecified atom stereocenters. The van der Waals surface area contributed by atoms with Crippen molar-refractivity contribution in [1.82, 2.24) is 24.5 Å². The van der Waals surface area contributed by atoms with E-state index in [9.17, 15) is 8.42 Å². The van der Waals surface area contributed by atoms with Crippen molar-refractivity contribution in [2.75, 3.05) is 0 Å². The first-order valence-electron chi connectivity index (χ1n) is 6.42. The van der Waals surface area contributed by atoms with Gasteiger partial charge >= 0.3 is 0 Å². The Bertz CT molecular complexity index is 756. The number of nitrogens with zero attached hydrogens (tertiary/aromatic N) is 5. The molecule has 9 heteroatoms. The van der Waals surface area contributed by atoms with E-state index in [2.05, 4.69) is 15.3 Å². The van der Waals surface area contributed by atoms with Gasteiger partial charge in [0, 0.05) is 13.1 Å². The summed E-state index contributed by atoms with van der Waals surface area (Å²) in [5.41, 5.74) is 1.67. The molecule has 1 saturated carbocycles. The summed E-state index contributed by atoms with van der Waals surface area (Å²) < 4.78 is 26.5. The molecular formula is C11H16N6O2S. The molecule has 108 valence electrons. The summed E-state index contributed by atoms with van der Waals surface area (Å²) in [6, 6.07) is 2.00. The lowest BCUT2D eigenvalue weighted by Crippen LogP contribution is -2.18. The maximum Gasteiger partial charge on any atom is 0.273 e. The van der Waals surface area contributed by atoms with Crippen molar-refractivity contribution in [3.63, 3.8) is 0 Å². The Kier molecular flexibility index (Phi) is 2.91. The van der Waals surface area contributed by atoms with E-state index in [-0.39, 0.29) is 11.2 Å².